The lowest BCUT2D eigenvalue weighted by Gasteiger charge is -2.34. The Morgan fingerprint density at radius 1 is 1.50 bits per heavy atom. The first-order chi connectivity index (χ1) is 9.38. The van der Waals surface area contributed by atoms with Gasteiger partial charge in [-0.2, -0.15) is 0 Å². The number of hydrogen-bond donors (Lipinski definition) is 1. The van der Waals surface area contributed by atoms with Crippen molar-refractivity contribution in [2.75, 3.05) is 19.0 Å². The van der Waals surface area contributed by atoms with E-state index in [0.717, 1.165) is 6.42 Å². The fourth-order valence-electron chi connectivity index (χ4n) is 3.10. The number of thiazole rings is 1. The van der Waals surface area contributed by atoms with Gasteiger partial charge in [-0.3, -0.25) is 0 Å². The SMILES string of the molecule is CCCC(C)N(C)c1nc2c(s1)C(NC)CC(C)(C)C2. The van der Waals surface area contributed by atoms with Gasteiger partial charge in [-0.15, -0.1) is 0 Å². The highest BCUT2D eigenvalue weighted by Crippen LogP contribution is 2.44. The highest BCUT2D eigenvalue weighted by molar-refractivity contribution is 7.15. The third kappa shape index (κ3) is 3.17. The monoisotopic (exact) mass is 295 g/mol. The number of nitrogens with zero attached hydrogens (tertiary/aromatic N) is 2. The van der Waals surface area contributed by atoms with Crippen molar-refractivity contribution in [3.63, 3.8) is 0 Å². The number of anilines is 1. The minimum Gasteiger partial charge on any atom is -0.348 e. The Morgan fingerprint density at radius 3 is 2.80 bits per heavy atom. The van der Waals surface area contributed by atoms with Gasteiger partial charge in [-0.05, 0) is 38.6 Å². The molecule has 0 fully saturated rings. The summed E-state index contributed by atoms with van der Waals surface area (Å²) in [5.41, 5.74) is 1.66. The van der Waals surface area contributed by atoms with Crippen LogP contribution in [0, 0.1) is 5.41 Å². The Labute approximate surface area is 127 Å². The van der Waals surface area contributed by atoms with Crippen LogP contribution in [-0.2, 0) is 6.42 Å². The molecule has 114 valence electrons. The molecule has 0 amide bonds. The van der Waals surface area contributed by atoms with Crippen LogP contribution >= 0.6 is 11.3 Å². The van der Waals surface area contributed by atoms with Gasteiger partial charge in [0, 0.05) is 24.0 Å². The van der Waals surface area contributed by atoms with E-state index >= 15 is 0 Å². The molecule has 0 saturated carbocycles. The standard InChI is InChI=1S/C16H29N3S/c1-7-8-11(2)19(6)15-18-13-10-16(3,4)9-12(17-5)14(13)20-15/h11-12,17H,7-10H2,1-6H3. The second-order valence-corrected chi connectivity index (χ2v) is 7.95. The second kappa shape index (κ2) is 6.02. The van der Waals surface area contributed by atoms with Gasteiger partial charge in [-0.1, -0.05) is 38.5 Å². The van der Waals surface area contributed by atoms with Crippen LogP contribution in [0.2, 0.25) is 0 Å². The smallest absolute Gasteiger partial charge is 0.185 e. The lowest BCUT2D eigenvalue weighted by molar-refractivity contribution is 0.265. The minimum atomic E-state index is 0.347. The van der Waals surface area contributed by atoms with E-state index < -0.39 is 0 Å². The molecule has 1 aliphatic rings. The molecule has 1 aliphatic carbocycles. The van der Waals surface area contributed by atoms with Gasteiger partial charge in [0.05, 0.1) is 5.69 Å². The van der Waals surface area contributed by atoms with Crippen molar-refractivity contribution in [3.8, 4) is 0 Å². The third-order valence-electron chi connectivity index (χ3n) is 4.45. The molecule has 2 unspecified atom stereocenters. The predicted octanol–water partition coefficient (Wildman–Crippen LogP) is 4.00. The molecule has 1 N–H and O–H groups in total. The van der Waals surface area contributed by atoms with Gasteiger partial charge in [0.15, 0.2) is 5.13 Å². The number of aromatic nitrogens is 1. The molecule has 20 heavy (non-hydrogen) atoms. The van der Waals surface area contributed by atoms with Gasteiger partial charge in [0.2, 0.25) is 0 Å². The van der Waals surface area contributed by atoms with Crippen molar-refractivity contribution in [3.05, 3.63) is 10.6 Å². The molecule has 1 aromatic rings. The Balaban J connectivity index is 2.26. The van der Waals surface area contributed by atoms with E-state index in [4.69, 9.17) is 4.98 Å². The summed E-state index contributed by atoms with van der Waals surface area (Å²) in [5, 5.41) is 4.66. The number of nitrogens with one attached hydrogen (secondary N) is 1. The van der Waals surface area contributed by atoms with E-state index in [1.54, 1.807) is 0 Å². The topological polar surface area (TPSA) is 28.2 Å². The average Bonchev–Trinajstić information content (AvgIpc) is 2.79. The molecule has 0 spiro atoms. The lowest BCUT2D eigenvalue weighted by Crippen LogP contribution is -2.31. The molecule has 1 aromatic heterocycles. The fraction of sp³-hybridized carbons (Fsp3) is 0.812. The van der Waals surface area contributed by atoms with Crippen LogP contribution in [0.1, 0.15) is 63.6 Å². The second-order valence-electron chi connectivity index (χ2n) is 6.94. The van der Waals surface area contributed by atoms with E-state index in [9.17, 15) is 0 Å². The first kappa shape index (κ1) is 15.8. The van der Waals surface area contributed by atoms with Gasteiger partial charge in [0.25, 0.3) is 0 Å². The number of fused-ring (bicyclic) bond motifs is 1. The zero-order valence-electron chi connectivity index (χ0n) is 13.8. The Kier molecular flexibility index (Phi) is 4.75. The van der Waals surface area contributed by atoms with E-state index in [1.165, 1.54) is 35.0 Å². The Morgan fingerprint density at radius 2 is 2.20 bits per heavy atom. The average molecular weight is 295 g/mol. The van der Waals surface area contributed by atoms with Crippen molar-refractivity contribution < 1.29 is 0 Å². The van der Waals surface area contributed by atoms with Crippen LogP contribution in [0.25, 0.3) is 0 Å². The summed E-state index contributed by atoms with van der Waals surface area (Å²) < 4.78 is 0. The van der Waals surface area contributed by atoms with Crippen LogP contribution in [0.5, 0.6) is 0 Å². The normalized spacial score (nSPS) is 22.4. The predicted molar refractivity (Wildman–Crippen MR) is 88.8 cm³/mol. The quantitative estimate of drug-likeness (QED) is 0.890. The zero-order valence-corrected chi connectivity index (χ0v) is 14.6. The molecule has 2 rings (SSSR count). The van der Waals surface area contributed by atoms with Gasteiger partial charge in [0.1, 0.15) is 0 Å². The Bertz CT molecular complexity index is 453. The van der Waals surface area contributed by atoms with Gasteiger partial charge >= 0.3 is 0 Å². The minimum absolute atomic E-state index is 0.347. The molecule has 0 aromatic carbocycles. The molecule has 0 bridgehead atoms. The molecular weight excluding hydrogens is 266 g/mol. The van der Waals surface area contributed by atoms with Gasteiger partial charge < -0.3 is 10.2 Å². The van der Waals surface area contributed by atoms with Crippen molar-refractivity contribution in [2.45, 2.75) is 65.5 Å². The first-order valence-corrected chi connectivity index (χ1v) is 8.59. The van der Waals surface area contributed by atoms with Crippen LogP contribution < -0.4 is 10.2 Å². The highest BCUT2D eigenvalue weighted by Gasteiger charge is 2.34. The molecule has 2 atom stereocenters. The molecule has 0 saturated heterocycles. The molecule has 1 heterocycles. The largest absolute Gasteiger partial charge is 0.348 e. The summed E-state index contributed by atoms with van der Waals surface area (Å²) in [6.45, 7) is 9.24. The van der Waals surface area contributed by atoms with Crippen LogP contribution in [0.15, 0.2) is 0 Å². The van der Waals surface area contributed by atoms with Crippen LogP contribution in [-0.4, -0.2) is 25.1 Å². The fourth-order valence-corrected chi connectivity index (χ4v) is 4.36. The summed E-state index contributed by atoms with van der Waals surface area (Å²) >= 11 is 1.88. The number of rotatable bonds is 5. The molecule has 4 heteroatoms. The Hall–Kier alpha value is -0.610. The van der Waals surface area contributed by atoms with Gasteiger partial charge in [-0.25, -0.2) is 4.98 Å². The summed E-state index contributed by atoms with van der Waals surface area (Å²) in [7, 11) is 4.25. The van der Waals surface area contributed by atoms with Crippen LogP contribution in [0.4, 0.5) is 5.13 Å². The molecule has 0 aliphatic heterocycles. The summed E-state index contributed by atoms with van der Waals surface area (Å²) in [6, 6.07) is 1.03. The third-order valence-corrected chi connectivity index (χ3v) is 5.76. The van der Waals surface area contributed by atoms with Crippen molar-refractivity contribution in [1.29, 1.82) is 0 Å². The van der Waals surface area contributed by atoms with Crippen LogP contribution in [0.3, 0.4) is 0 Å². The lowest BCUT2D eigenvalue weighted by atomic mass is 9.76. The maximum Gasteiger partial charge on any atom is 0.185 e. The summed E-state index contributed by atoms with van der Waals surface area (Å²) in [6.07, 6.45) is 4.75. The molecular formula is C16H29N3S. The maximum atomic E-state index is 4.95. The molecule has 3 nitrogen and oxygen atoms in total. The van der Waals surface area contributed by atoms with Crippen molar-refractivity contribution in [1.82, 2.24) is 10.3 Å². The van der Waals surface area contributed by atoms with Crippen molar-refractivity contribution in [2.24, 2.45) is 5.41 Å². The maximum absolute atomic E-state index is 4.95. The number of hydrogen-bond acceptors (Lipinski definition) is 4. The van der Waals surface area contributed by atoms with E-state index in [1.807, 2.05) is 11.3 Å². The van der Waals surface area contributed by atoms with Crippen molar-refractivity contribution >= 4 is 16.5 Å². The van der Waals surface area contributed by atoms with E-state index in [0.29, 0.717) is 17.5 Å². The molecule has 0 radical (unpaired) electrons. The highest BCUT2D eigenvalue weighted by atomic mass is 32.1. The summed E-state index contributed by atoms with van der Waals surface area (Å²) in [5.74, 6) is 0. The zero-order chi connectivity index (χ0) is 14.9. The van der Waals surface area contributed by atoms with E-state index in [-0.39, 0.29) is 0 Å². The summed E-state index contributed by atoms with van der Waals surface area (Å²) in [4.78, 5) is 8.76. The first-order valence-electron chi connectivity index (χ1n) is 7.77. The van der Waals surface area contributed by atoms with E-state index in [2.05, 4.69) is 52.0 Å².